The minimum Gasteiger partial charge on any atom is -0.478 e. The summed E-state index contributed by atoms with van der Waals surface area (Å²) in [7, 11) is 0. The van der Waals surface area contributed by atoms with Crippen LogP contribution in [0.15, 0.2) is 17.0 Å². The number of thioether (sulfide) groups is 1. The highest BCUT2D eigenvalue weighted by Gasteiger charge is 2.40. The maximum atomic E-state index is 11.2. The second kappa shape index (κ2) is 5.64. The molecule has 3 rings (SSSR count). The van der Waals surface area contributed by atoms with Gasteiger partial charge in [0.05, 0.1) is 11.3 Å². The summed E-state index contributed by atoms with van der Waals surface area (Å²) in [6, 6.07) is 3.36. The highest BCUT2D eigenvalue weighted by Crippen LogP contribution is 2.49. The molecule has 1 aromatic carbocycles. The molecule has 0 saturated carbocycles. The van der Waals surface area contributed by atoms with Crippen molar-refractivity contribution in [3.63, 3.8) is 0 Å². The number of nitrogens with two attached hydrogens (primary N) is 1. The number of aliphatic hydroxyl groups is 1. The molecular formula is C15H21N3O3S. The normalized spacial score (nSPS) is 25.7. The third kappa shape index (κ3) is 2.64. The van der Waals surface area contributed by atoms with Gasteiger partial charge in [0.15, 0.2) is 0 Å². The van der Waals surface area contributed by atoms with Gasteiger partial charge in [-0.25, -0.2) is 4.79 Å². The number of rotatable bonds is 3. The zero-order valence-electron chi connectivity index (χ0n) is 12.5. The summed E-state index contributed by atoms with van der Waals surface area (Å²) < 4.78 is 0. The number of carbonyl (C=O) groups is 1. The Morgan fingerprint density at radius 2 is 2.18 bits per heavy atom. The van der Waals surface area contributed by atoms with Gasteiger partial charge in [-0.2, -0.15) is 0 Å². The largest absolute Gasteiger partial charge is 0.478 e. The number of hydrogen-bond donors (Lipinski definition) is 4. The van der Waals surface area contributed by atoms with E-state index in [4.69, 9.17) is 5.73 Å². The van der Waals surface area contributed by atoms with Crippen molar-refractivity contribution in [2.24, 2.45) is 5.92 Å². The average molecular weight is 323 g/mol. The lowest BCUT2D eigenvalue weighted by Crippen LogP contribution is -2.51. The van der Waals surface area contributed by atoms with Crippen molar-refractivity contribution in [3.8, 4) is 0 Å². The van der Waals surface area contributed by atoms with Crippen LogP contribution >= 0.6 is 11.8 Å². The van der Waals surface area contributed by atoms with Crippen molar-refractivity contribution in [2.75, 3.05) is 30.7 Å². The van der Waals surface area contributed by atoms with E-state index in [1.54, 1.807) is 23.9 Å². The van der Waals surface area contributed by atoms with Gasteiger partial charge >= 0.3 is 5.97 Å². The van der Waals surface area contributed by atoms with Crippen LogP contribution < -0.4 is 11.1 Å². The van der Waals surface area contributed by atoms with Gasteiger partial charge in [0, 0.05) is 30.3 Å². The van der Waals surface area contributed by atoms with Gasteiger partial charge in [-0.05, 0) is 37.8 Å². The van der Waals surface area contributed by atoms with Crippen molar-refractivity contribution >= 4 is 29.1 Å². The molecule has 0 bridgehead atoms. The lowest BCUT2D eigenvalue weighted by atomic mass is 9.97. The van der Waals surface area contributed by atoms with Crippen LogP contribution in [0.2, 0.25) is 0 Å². The number of benzene rings is 1. The van der Waals surface area contributed by atoms with E-state index in [0.717, 1.165) is 36.5 Å². The number of nitrogens with one attached hydrogen (secondary N) is 1. The van der Waals surface area contributed by atoms with Gasteiger partial charge < -0.3 is 21.3 Å². The van der Waals surface area contributed by atoms with Gasteiger partial charge in [-0.15, -0.1) is 0 Å². The lowest BCUT2D eigenvalue weighted by Gasteiger charge is -2.42. The van der Waals surface area contributed by atoms with Gasteiger partial charge in [0.2, 0.25) is 0 Å². The fourth-order valence-electron chi connectivity index (χ4n) is 3.14. The molecule has 1 atom stereocenters. The summed E-state index contributed by atoms with van der Waals surface area (Å²) in [5.74, 6) is -0.618. The minimum atomic E-state index is -1.01. The van der Waals surface area contributed by atoms with Crippen LogP contribution in [0.3, 0.4) is 0 Å². The second-order valence-electron chi connectivity index (χ2n) is 6.06. The summed E-state index contributed by atoms with van der Waals surface area (Å²) in [5.41, 5.74) is 7.09. The van der Waals surface area contributed by atoms with Crippen LogP contribution in [-0.2, 0) is 0 Å². The summed E-state index contributed by atoms with van der Waals surface area (Å²) in [6.07, 6.45) is 1.96. The third-order valence-electron chi connectivity index (χ3n) is 4.53. The zero-order chi connectivity index (χ0) is 15.9. The Bertz CT molecular complexity index is 602. The Kier molecular flexibility index (Phi) is 3.96. The van der Waals surface area contributed by atoms with Crippen molar-refractivity contribution in [1.82, 2.24) is 4.90 Å². The molecule has 0 aliphatic carbocycles. The number of aliphatic hydroxyl groups excluding tert-OH is 1. The van der Waals surface area contributed by atoms with Crippen LogP contribution in [0.5, 0.6) is 0 Å². The molecule has 2 heterocycles. The molecule has 5 N–H and O–H groups in total. The average Bonchev–Trinajstić information content (AvgIpc) is 2.82. The Balaban J connectivity index is 1.80. The molecule has 120 valence electrons. The van der Waals surface area contributed by atoms with E-state index in [2.05, 4.69) is 17.1 Å². The van der Waals surface area contributed by atoms with Crippen LogP contribution in [-0.4, -0.2) is 45.8 Å². The molecule has 2 aliphatic rings. The summed E-state index contributed by atoms with van der Waals surface area (Å²) >= 11 is 1.67. The Labute approximate surface area is 133 Å². The van der Waals surface area contributed by atoms with Gasteiger partial charge in [0.25, 0.3) is 0 Å². The third-order valence-corrected chi connectivity index (χ3v) is 5.85. The quantitative estimate of drug-likeness (QED) is 0.630. The molecule has 7 heteroatoms. The van der Waals surface area contributed by atoms with Gasteiger partial charge in [0.1, 0.15) is 4.99 Å². The van der Waals surface area contributed by atoms with Crippen molar-refractivity contribution in [1.29, 1.82) is 0 Å². The number of nitrogens with zero attached hydrogens (tertiary/aromatic N) is 1. The van der Waals surface area contributed by atoms with Crippen LogP contribution in [0.1, 0.15) is 30.1 Å². The first-order chi connectivity index (χ1) is 10.4. The first kappa shape index (κ1) is 15.5. The second-order valence-corrected chi connectivity index (χ2v) is 7.50. The number of carboxylic acids is 1. The van der Waals surface area contributed by atoms with E-state index in [9.17, 15) is 15.0 Å². The van der Waals surface area contributed by atoms with E-state index in [1.807, 2.05) is 0 Å². The monoisotopic (exact) mass is 323 g/mol. The highest BCUT2D eigenvalue weighted by atomic mass is 32.2. The highest BCUT2D eigenvalue weighted by molar-refractivity contribution is 8.01. The molecule has 1 aromatic rings. The van der Waals surface area contributed by atoms with E-state index >= 15 is 0 Å². The van der Waals surface area contributed by atoms with Crippen molar-refractivity contribution in [2.45, 2.75) is 29.7 Å². The number of fused-ring (bicyclic) bond motifs is 1. The maximum Gasteiger partial charge on any atom is 0.337 e. The van der Waals surface area contributed by atoms with Crippen LogP contribution in [0, 0.1) is 5.92 Å². The Morgan fingerprint density at radius 3 is 2.77 bits per heavy atom. The molecule has 1 fully saturated rings. The SMILES string of the molecule is CC1(N2CCC(CO)CC2)Nc2cc(C(=O)O)c(N)cc2S1. The molecule has 2 aliphatic heterocycles. The van der Waals surface area contributed by atoms with E-state index in [-0.39, 0.29) is 17.2 Å². The molecule has 1 saturated heterocycles. The smallest absolute Gasteiger partial charge is 0.337 e. The van der Waals surface area contributed by atoms with E-state index < -0.39 is 5.97 Å². The molecule has 1 unspecified atom stereocenters. The lowest BCUT2D eigenvalue weighted by molar-refractivity contribution is 0.0698. The molecule has 0 spiro atoms. The Morgan fingerprint density at radius 1 is 1.50 bits per heavy atom. The number of likely N-dealkylation sites (tertiary alicyclic amines) is 1. The molecule has 22 heavy (non-hydrogen) atoms. The maximum absolute atomic E-state index is 11.2. The number of aromatic carboxylic acids is 1. The standard InChI is InChI=1S/C15H21N3O3S/c1-15(18-4-2-9(8-19)3-5-18)17-12-6-10(14(20)21)11(16)7-13(12)22-15/h6-7,9,17,19H,2-5,8,16H2,1H3,(H,20,21). The van der Waals surface area contributed by atoms with Crippen molar-refractivity contribution < 1.29 is 15.0 Å². The zero-order valence-corrected chi connectivity index (χ0v) is 13.3. The molecule has 0 aromatic heterocycles. The molecule has 6 nitrogen and oxygen atoms in total. The molecule has 0 radical (unpaired) electrons. The molecule has 0 amide bonds. The Hall–Kier alpha value is -1.44. The fraction of sp³-hybridized carbons (Fsp3) is 0.533. The van der Waals surface area contributed by atoms with Crippen LogP contribution in [0.4, 0.5) is 11.4 Å². The number of piperidine rings is 1. The first-order valence-electron chi connectivity index (χ1n) is 7.43. The summed E-state index contributed by atoms with van der Waals surface area (Å²) in [5, 5.41) is 21.9. The summed E-state index contributed by atoms with van der Waals surface area (Å²) in [6.45, 7) is 4.19. The van der Waals surface area contributed by atoms with E-state index in [1.165, 1.54) is 0 Å². The van der Waals surface area contributed by atoms with Gasteiger partial charge in [-0.3, -0.25) is 4.90 Å². The minimum absolute atomic E-state index is 0.134. The first-order valence-corrected chi connectivity index (χ1v) is 8.24. The number of nitrogen functional groups attached to an aromatic ring is 1. The number of anilines is 2. The van der Waals surface area contributed by atoms with Crippen LogP contribution in [0.25, 0.3) is 0 Å². The topological polar surface area (TPSA) is 98.8 Å². The number of hydrogen-bond acceptors (Lipinski definition) is 6. The summed E-state index contributed by atoms with van der Waals surface area (Å²) in [4.78, 5) is 14.2. The number of carboxylic acid groups (broad SMARTS) is 1. The molecular weight excluding hydrogens is 302 g/mol. The fourth-order valence-corrected chi connectivity index (χ4v) is 4.44. The van der Waals surface area contributed by atoms with E-state index in [0.29, 0.717) is 11.6 Å². The van der Waals surface area contributed by atoms with Crippen molar-refractivity contribution in [3.05, 3.63) is 17.7 Å². The predicted octanol–water partition coefficient (Wildman–Crippen LogP) is 1.86. The predicted molar refractivity (Wildman–Crippen MR) is 87.1 cm³/mol. The van der Waals surface area contributed by atoms with Gasteiger partial charge in [-0.1, -0.05) is 11.8 Å².